The molecule has 2 heteroatoms. The van der Waals surface area contributed by atoms with E-state index in [1.807, 2.05) is 0 Å². The Morgan fingerprint density at radius 2 is 2.00 bits per heavy atom. The molecular formula is C12H25NO. The zero-order chi connectivity index (χ0) is 10.2. The largest absolute Gasteiger partial charge is 0.381 e. The molecule has 0 aromatic heterocycles. The van der Waals surface area contributed by atoms with Crippen molar-refractivity contribution in [1.82, 2.24) is 5.32 Å². The topological polar surface area (TPSA) is 21.3 Å². The lowest BCUT2D eigenvalue weighted by atomic mass is 9.85. The van der Waals surface area contributed by atoms with Crippen LogP contribution in [0.3, 0.4) is 0 Å². The van der Waals surface area contributed by atoms with Crippen molar-refractivity contribution in [3.63, 3.8) is 0 Å². The van der Waals surface area contributed by atoms with Crippen LogP contribution < -0.4 is 5.32 Å². The van der Waals surface area contributed by atoms with Gasteiger partial charge in [-0.2, -0.15) is 0 Å². The summed E-state index contributed by atoms with van der Waals surface area (Å²) in [6.45, 7) is 8.93. The van der Waals surface area contributed by atoms with Crippen molar-refractivity contribution in [2.24, 2.45) is 11.8 Å². The smallest absolute Gasteiger partial charge is 0.0468 e. The summed E-state index contributed by atoms with van der Waals surface area (Å²) in [4.78, 5) is 0. The van der Waals surface area contributed by atoms with E-state index in [9.17, 15) is 0 Å². The van der Waals surface area contributed by atoms with Gasteiger partial charge >= 0.3 is 0 Å². The summed E-state index contributed by atoms with van der Waals surface area (Å²) < 4.78 is 5.38. The standard InChI is InChI=1S/C12H25NO/c1-3-7-13-8-4-11(2)12-5-9-14-10-6-12/h11-13H,3-10H2,1-2H3. The minimum Gasteiger partial charge on any atom is -0.381 e. The molecule has 0 amide bonds. The molecule has 1 rings (SSSR count). The Balaban J connectivity index is 2.04. The Kier molecular flexibility index (Phi) is 6.20. The second kappa shape index (κ2) is 7.24. The van der Waals surface area contributed by atoms with Crippen LogP contribution in [0.2, 0.25) is 0 Å². The Bertz CT molecular complexity index is 132. The lowest BCUT2D eigenvalue weighted by molar-refractivity contribution is 0.0482. The predicted octanol–water partition coefficient (Wildman–Crippen LogP) is 2.44. The lowest BCUT2D eigenvalue weighted by Gasteiger charge is -2.27. The minimum atomic E-state index is 0.864. The van der Waals surface area contributed by atoms with Gasteiger partial charge in [-0.15, -0.1) is 0 Å². The normalized spacial score (nSPS) is 21.0. The second-order valence-electron chi connectivity index (χ2n) is 4.47. The van der Waals surface area contributed by atoms with Gasteiger partial charge in [-0.05, 0) is 50.6 Å². The van der Waals surface area contributed by atoms with E-state index in [0.29, 0.717) is 0 Å². The van der Waals surface area contributed by atoms with Gasteiger partial charge in [0.1, 0.15) is 0 Å². The third-order valence-electron chi connectivity index (χ3n) is 3.27. The summed E-state index contributed by atoms with van der Waals surface area (Å²) in [7, 11) is 0. The molecule has 1 N–H and O–H groups in total. The van der Waals surface area contributed by atoms with Crippen LogP contribution in [-0.4, -0.2) is 26.3 Å². The van der Waals surface area contributed by atoms with Crippen LogP contribution in [0.15, 0.2) is 0 Å². The molecule has 0 aromatic carbocycles. The first kappa shape index (κ1) is 12.0. The summed E-state index contributed by atoms with van der Waals surface area (Å²) in [6.07, 6.45) is 5.11. The highest BCUT2D eigenvalue weighted by Crippen LogP contribution is 2.25. The fourth-order valence-electron chi connectivity index (χ4n) is 2.15. The third-order valence-corrected chi connectivity index (χ3v) is 3.27. The van der Waals surface area contributed by atoms with Crippen molar-refractivity contribution < 1.29 is 4.74 Å². The minimum absolute atomic E-state index is 0.864. The maximum Gasteiger partial charge on any atom is 0.0468 e. The van der Waals surface area contributed by atoms with Crippen molar-refractivity contribution in [2.45, 2.75) is 39.5 Å². The van der Waals surface area contributed by atoms with E-state index in [1.165, 1.54) is 38.8 Å². The van der Waals surface area contributed by atoms with E-state index in [4.69, 9.17) is 4.74 Å². The van der Waals surface area contributed by atoms with Crippen LogP contribution in [0.1, 0.15) is 39.5 Å². The quantitative estimate of drug-likeness (QED) is 0.663. The van der Waals surface area contributed by atoms with Crippen molar-refractivity contribution >= 4 is 0 Å². The van der Waals surface area contributed by atoms with Crippen LogP contribution in [0.25, 0.3) is 0 Å². The van der Waals surface area contributed by atoms with Crippen LogP contribution >= 0.6 is 0 Å². The maximum atomic E-state index is 5.38. The Labute approximate surface area is 88.4 Å². The summed E-state index contributed by atoms with van der Waals surface area (Å²) >= 11 is 0. The molecule has 2 nitrogen and oxygen atoms in total. The first-order valence-electron chi connectivity index (χ1n) is 6.13. The van der Waals surface area contributed by atoms with Crippen LogP contribution in [-0.2, 0) is 4.74 Å². The Morgan fingerprint density at radius 1 is 1.29 bits per heavy atom. The highest BCUT2D eigenvalue weighted by molar-refractivity contribution is 4.70. The molecule has 84 valence electrons. The first-order valence-corrected chi connectivity index (χ1v) is 6.13. The van der Waals surface area contributed by atoms with Gasteiger partial charge in [0.2, 0.25) is 0 Å². The first-order chi connectivity index (χ1) is 6.84. The van der Waals surface area contributed by atoms with E-state index >= 15 is 0 Å². The number of hydrogen-bond donors (Lipinski definition) is 1. The Hall–Kier alpha value is -0.0800. The molecule has 0 radical (unpaired) electrons. The van der Waals surface area contributed by atoms with Crippen molar-refractivity contribution in [3.05, 3.63) is 0 Å². The molecule has 1 atom stereocenters. The molecule has 1 fully saturated rings. The van der Waals surface area contributed by atoms with Gasteiger partial charge in [0.25, 0.3) is 0 Å². The highest BCUT2D eigenvalue weighted by Gasteiger charge is 2.19. The molecule has 14 heavy (non-hydrogen) atoms. The lowest BCUT2D eigenvalue weighted by Crippen LogP contribution is -2.25. The average molecular weight is 199 g/mol. The summed E-state index contributed by atoms with van der Waals surface area (Å²) in [5.41, 5.74) is 0. The van der Waals surface area contributed by atoms with E-state index in [2.05, 4.69) is 19.2 Å². The fraction of sp³-hybridized carbons (Fsp3) is 1.00. The molecule has 1 unspecified atom stereocenters. The monoisotopic (exact) mass is 199 g/mol. The molecule has 0 spiro atoms. The summed E-state index contributed by atoms with van der Waals surface area (Å²) in [6, 6.07) is 0. The highest BCUT2D eigenvalue weighted by atomic mass is 16.5. The number of nitrogens with one attached hydrogen (secondary N) is 1. The predicted molar refractivity (Wildman–Crippen MR) is 60.5 cm³/mol. The van der Waals surface area contributed by atoms with E-state index in [0.717, 1.165) is 25.0 Å². The van der Waals surface area contributed by atoms with Gasteiger partial charge in [-0.25, -0.2) is 0 Å². The fourth-order valence-corrected chi connectivity index (χ4v) is 2.15. The zero-order valence-electron chi connectivity index (χ0n) is 9.72. The van der Waals surface area contributed by atoms with E-state index in [-0.39, 0.29) is 0 Å². The van der Waals surface area contributed by atoms with Crippen LogP contribution in [0.4, 0.5) is 0 Å². The molecule has 1 aliphatic rings. The maximum absolute atomic E-state index is 5.38. The number of rotatable bonds is 6. The SMILES string of the molecule is CCCNCCC(C)C1CCOCC1. The zero-order valence-corrected chi connectivity index (χ0v) is 9.72. The van der Waals surface area contributed by atoms with Gasteiger partial charge < -0.3 is 10.1 Å². The third kappa shape index (κ3) is 4.43. The molecule has 0 aliphatic carbocycles. The van der Waals surface area contributed by atoms with E-state index in [1.54, 1.807) is 0 Å². The van der Waals surface area contributed by atoms with E-state index < -0.39 is 0 Å². The van der Waals surface area contributed by atoms with Crippen molar-refractivity contribution in [2.75, 3.05) is 26.3 Å². The molecule has 1 saturated heterocycles. The summed E-state index contributed by atoms with van der Waals surface area (Å²) in [5.74, 6) is 1.77. The summed E-state index contributed by atoms with van der Waals surface area (Å²) in [5, 5.41) is 3.47. The average Bonchev–Trinajstić information content (AvgIpc) is 2.25. The van der Waals surface area contributed by atoms with Crippen molar-refractivity contribution in [3.8, 4) is 0 Å². The number of hydrogen-bond acceptors (Lipinski definition) is 2. The van der Waals surface area contributed by atoms with Crippen LogP contribution in [0.5, 0.6) is 0 Å². The van der Waals surface area contributed by atoms with Gasteiger partial charge in [0.15, 0.2) is 0 Å². The van der Waals surface area contributed by atoms with Gasteiger partial charge in [0.05, 0.1) is 0 Å². The molecule has 0 aromatic rings. The molecule has 0 saturated carbocycles. The molecular weight excluding hydrogens is 174 g/mol. The molecule has 0 bridgehead atoms. The van der Waals surface area contributed by atoms with Crippen molar-refractivity contribution in [1.29, 1.82) is 0 Å². The second-order valence-corrected chi connectivity index (χ2v) is 4.47. The van der Waals surface area contributed by atoms with Crippen LogP contribution in [0, 0.1) is 11.8 Å². The molecule has 1 aliphatic heterocycles. The molecule has 1 heterocycles. The number of ether oxygens (including phenoxy) is 1. The van der Waals surface area contributed by atoms with Gasteiger partial charge in [-0.1, -0.05) is 13.8 Å². The van der Waals surface area contributed by atoms with Gasteiger partial charge in [-0.3, -0.25) is 0 Å². The van der Waals surface area contributed by atoms with Gasteiger partial charge in [0, 0.05) is 13.2 Å². The Morgan fingerprint density at radius 3 is 2.64 bits per heavy atom.